The normalized spacial score (nSPS) is 26.2. The summed E-state index contributed by atoms with van der Waals surface area (Å²) in [5.74, 6) is 3.02. The monoisotopic (exact) mass is 348 g/mol. The fourth-order valence-electron chi connectivity index (χ4n) is 4.13. The highest BCUT2D eigenvalue weighted by molar-refractivity contribution is 5.43. The second kappa shape index (κ2) is 8.39. The maximum Gasteiger partial charge on any atom is 0.161 e. The zero-order valence-corrected chi connectivity index (χ0v) is 15.8. The van der Waals surface area contributed by atoms with Crippen molar-refractivity contribution in [2.24, 2.45) is 11.8 Å². The Morgan fingerprint density at radius 3 is 2.48 bits per heavy atom. The molecule has 2 aliphatic rings. The van der Waals surface area contributed by atoms with Crippen LogP contribution in [0.25, 0.3) is 0 Å². The number of likely N-dealkylation sites (tertiary alicyclic amines) is 1. The predicted octanol–water partition coefficient (Wildman–Crippen LogP) is 2.23. The molecular formula is C20H32N2O3. The highest BCUT2D eigenvalue weighted by Gasteiger charge is 2.39. The predicted molar refractivity (Wildman–Crippen MR) is 99.2 cm³/mol. The topological polar surface area (TPSA) is 45.2 Å². The van der Waals surface area contributed by atoms with Gasteiger partial charge in [0.1, 0.15) is 6.61 Å². The van der Waals surface area contributed by atoms with Gasteiger partial charge in [-0.15, -0.1) is 0 Å². The first-order valence-corrected chi connectivity index (χ1v) is 9.48. The van der Waals surface area contributed by atoms with Crippen molar-refractivity contribution < 1.29 is 14.6 Å². The number of nitrogens with zero attached hydrogens (tertiary/aromatic N) is 2. The lowest BCUT2D eigenvalue weighted by molar-refractivity contribution is 0.161. The lowest BCUT2D eigenvalue weighted by Crippen LogP contribution is -2.22. The van der Waals surface area contributed by atoms with Crippen molar-refractivity contribution >= 4 is 0 Å². The molecule has 0 bridgehead atoms. The third-order valence-electron chi connectivity index (χ3n) is 5.31. The number of hydrogen-bond donors (Lipinski definition) is 1. The Kier molecular flexibility index (Phi) is 6.20. The number of benzene rings is 1. The summed E-state index contributed by atoms with van der Waals surface area (Å²) in [4.78, 5) is 4.62. The van der Waals surface area contributed by atoms with Gasteiger partial charge in [0.25, 0.3) is 0 Å². The molecule has 1 aliphatic carbocycles. The van der Waals surface area contributed by atoms with E-state index in [1.165, 1.54) is 5.56 Å². The van der Waals surface area contributed by atoms with Gasteiger partial charge in [0, 0.05) is 26.2 Å². The first-order chi connectivity index (χ1) is 12.0. The molecule has 0 radical (unpaired) electrons. The molecule has 25 heavy (non-hydrogen) atoms. The number of ether oxygens (including phenoxy) is 2. The van der Waals surface area contributed by atoms with Crippen LogP contribution in [-0.2, 0) is 6.54 Å². The van der Waals surface area contributed by atoms with Crippen LogP contribution in [0.1, 0.15) is 25.3 Å². The van der Waals surface area contributed by atoms with Crippen LogP contribution in [0.3, 0.4) is 0 Å². The molecule has 140 valence electrons. The Balaban J connectivity index is 1.59. The molecule has 3 rings (SSSR count). The van der Waals surface area contributed by atoms with E-state index in [9.17, 15) is 5.11 Å². The van der Waals surface area contributed by atoms with Crippen LogP contribution in [-0.4, -0.2) is 68.0 Å². The van der Waals surface area contributed by atoms with Gasteiger partial charge in [0.05, 0.1) is 12.7 Å². The average molecular weight is 348 g/mol. The first-order valence-electron chi connectivity index (χ1n) is 9.48. The molecule has 1 saturated carbocycles. The molecule has 1 aromatic carbocycles. The Morgan fingerprint density at radius 2 is 1.84 bits per heavy atom. The molecule has 1 aromatic rings. The summed E-state index contributed by atoms with van der Waals surface area (Å²) in [6.07, 6.45) is 1.88. The Labute approximate surface area is 151 Å². The van der Waals surface area contributed by atoms with Crippen LogP contribution < -0.4 is 9.47 Å². The van der Waals surface area contributed by atoms with Crippen LogP contribution in [0.5, 0.6) is 11.5 Å². The van der Waals surface area contributed by atoms with Gasteiger partial charge in [0.2, 0.25) is 0 Å². The van der Waals surface area contributed by atoms with Crippen LogP contribution in [0.2, 0.25) is 0 Å². The van der Waals surface area contributed by atoms with E-state index >= 15 is 0 Å². The van der Waals surface area contributed by atoms with Crippen molar-refractivity contribution in [1.82, 2.24) is 9.80 Å². The molecule has 0 amide bonds. The minimum Gasteiger partial charge on any atom is -0.490 e. The van der Waals surface area contributed by atoms with E-state index in [1.54, 1.807) is 0 Å². The SMILES string of the molecule is CCOc1cc(CN2C[C@H]3CC(O)C[C@H]3C2)ccc1OCCN(C)C. The smallest absolute Gasteiger partial charge is 0.161 e. The largest absolute Gasteiger partial charge is 0.490 e. The lowest BCUT2D eigenvalue weighted by atomic mass is 10.0. The van der Waals surface area contributed by atoms with Gasteiger partial charge in [-0.1, -0.05) is 6.07 Å². The highest BCUT2D eigenvalue weighted by Crippen LogP contribution is 2.39. The summed E-state index contributed by atoms with van der Waals surface area (Å²) in [5.41, 5.74) is 1.27. The summed E-state index contributed by atoms with van der Waals surface area (Å²) >= 11 is 0. The summed E-state index contributed by atoms with van der Waals surface area (Å²) in [5, 5.41) is 9.79. The molecule has 1 unspecified atom stereocenters. The van der Waals surface area contributed by atoms with Crippen molar-refractivity contribution in [1.29, 1.82) is 0 Å². The molecule has 0 aromatic heterocycles. The van der Waals surface area contributed by atoms with E-state index in [0.717, 1.165) is 50.5 Å². The second-order valence-corrected chi connectivity index (χ2v) is 7.71. The van der Waals surface area contributed by atoms with Crippen molar-refractivity contribution in [2.45, 2.75) is 32.4 Å². The van der Waals surface area contributed by atoms with Crippen molar-refractivity contribution in [3.05, 3.63) is 23.8 Å². The van der Waals surface area contributed by atoms with Crippen LogP contribution in [0.15, 0.2) is 18.2 Å². The molecule has 1 saturated heterocycles. The number of likely N-dealkylation sites (N-methyl/N-ethyl adjacent to an activating group) is 1. The quantitative estimate of drug-likeness (QED) is 0.780. The van der Waals surface area contributed by atoms with Gasteiger partial charge in [-0.3, -0.25) is 4.90 Å². The maximum absolute atomic E-state index is 9.79. The van der Waals surface area contributed by atoms with Crippen molar-refractivity contribution in [3.63, 3.8) is 0 Å². The second-order valence-electron chi connectivity index (χ2n) is 7.71. The zero-order valence-electron chi connectivity index (χ0n) is 15.8. The van der Waals surface area contributed by atoms with Crippen molar-refractivity contribution in [2.75, 3.05) is 46.9 Å². The first kappa shape index (κ1) is 18.5. The summed E-state index contributed by atoms with van der Waals surface area (Å²) < 4.78 is 11.7. The molecule has 1 heterocycles. The van der Waals surface area contributed by atoms with E-state index in [-0.39, 0.29) is 6.10 Å². The third kappa shape index (κ3) is 4.87. The molecule has 1 aliphatic heterocycles. The third-order valence-corrected chi connectivity index (χ3v) is 5.31. The summed E-state index contributed by atoms with van der Waals surface area (Å²) in [6.45, 7) is 7.34. The Bertz CT molecular complexity index is 550. The van der Waals surface area contributed by atoms with Gasteiger partial charge < -0.3 is 19.5 Å². The van der Waals surface area contributed by atoms with Crippen LogP contribution in [0, 0.1) is 11.8 Å². The summed E-state index contributed by atoms with van der Waals surface area (Å²) in [6, 6.07) is 6.31. The molecule has 1 N–H and O–H groups in total. The Morgan fingerprint density at radius 1 is 1.12 bits per heavy atom. The van der Waals surface area contributed by atoms with E-state index < -0.39 is 0 Å². The minimum absolute atomic E-state index is 0.0692. The molecule has 3 atom stereocenters. The van der Waals surface area contributed by atoms with Gasteiger partial charge in [-0.05, 0) is 63.4 Å². The van der Waals surface area contributed by atoms with Gasteiger partial charge in [-0.2, -0.15) is 0 Å². The number of aliphatic hydroxyl groups excluding tert-OH is 1. The van der Waals surface area contributed by atoms with Crippen LogP contribution in [0.4, 0.5) is 0 Å². The molecule has 5 heteroatoms. The maximum atomic E-state index is 9.79. The number of rotatable bonds is 8. The van der Waals surface area contributed by atoms with Gasteiger partial charge in [-0.25, -0.2) is 0 Å². The molecular weight excluding hydrogens is 316 g/mol. The Hall–Kier alpha value is -1.30. The van der Waals surface area contributed by atoms with E-state index in [1.807, 2.05) is 27.1 Å². The van der Waals surface area contributed by atoms with Gasteiger partial charge in [0.15, 0.2) is 11.5 Å². The molecule has 5 nitrogen and oxygen atoms in total. The van der Waals surface area contributed by atoms with Gasteiger partial charge >= 0.3 is 0 Å². The summed E-state index contributed by atoms with van der Waals surface area (Å²) in [7, 11) is 4.08. The zero-order chi connectivity index (χ0) is 17.8. The molecule has 0 spiro atoms. The number of fused-ring (bicyclic) bond motifs is 1. The number of hydrogen-bond acceptors (Lipinski definition) is 5. The average Bonchev–Trinajstić information content (AvgIpc) is 3.06. The van der Waals surface area contributed by atoms with E-state index in [0.29, 0.717) is 25.0 Å². The van der Waals surface area contributed by atoms with Crippen molar-refractivity contribution in [3.8, 4) is 11.5 Å². The highest BCUT2D eigenvalue weighted by atomic mass is 16.5. The lowest BCUT2D eigenvalue weighted by Gasteiger charge is -2.19. The van der Waals surface area contributed by atoms with E-state index in [2.05, 4.69) is 21.9 Å². The van der Waals surface area contributed by atoms with Crippen LogP contribution >= 0.6 is 0 Å². The fraction of sp³-hybridized carbons (Fsp3) is 0.700. The van der Waals surface area contributed by atoms with E-state index in [4.69, 9.17) is 9.47 Å². The number of aliphatic hydroxyl groups is 1. The minimum atomic E-state index is -0.0692. The fourth-order valence-corrected chi connectivity index (χ4v) is 4.13. The standard InChI is InChI=1S/C20H32N2O3/c1-4-24-20-9-15(5-6-19(20)25-8-7-21(2)3)12-22-13-16-10-18(23)11-17(16)14-22/h5-6,9,16-18,23H,4,7-8,10-14H2,1-3H3/t16-,17+,18?. The molecule has 2 fully saturated rings.